The van der Waals surface area contributed by atoms with Crippen LogP contribution < -0.4 is 5.56 Å². The largest absolute Gasteiger partial charge is 0.376 e. The van der Waals surface area contributed by atoms with Crippen LogP contribution in [0.1, 0.15) is 24.8 Å². The topological polar surface area (TPSA) is 49.0 Å². The third kappa shape index (κ3) is 2.96. The highest BCUT2D eigenvalue weighted by Crippen LogP contribution is 2.25. The molecule has 0 N–H and O–H groups in total. The maximum Gasteiger partial charge on any atom is 0.253 e. The number of ether oxygens (including phenoxy) is 1. The zero-order valence-electron chi connectivity index (χ0n) is 12.9. The molecule has 2 aromatic rings. The molecule has 1 aliphatic rings. The number of aryl methyl sites for hydroxylation is 2. The fourth-order valence-corrected chi connectivity index (χ4v) is 3.11. The van der Waals surface area contributed by atoms with E-state index >= 15 is 0 Å². The predicted octanol–water partition coefficient (Wildman–Crippen LogP) is 2.78. The molecule has 118 valence electrons. The molecule has 1 atom stereocenters. The molecule has 1 fully saturated rings. The maximum atomic E-state index is 11.8. The van der Waals surface area contributed by atoms with Crippen LogP contribution in [0.15, 0.2) is 23.3 Å². The van der Waals surface area contributed by atoms with Gasteiger partial charge in [-0.3, -0.25) is 4.79 Å². The Morgan fingerprint density at radius 3 is 2.95 bits per heavy atom. The van der Waals surface area contributed by atoms with Gasteiger partial charge in [-0.05, 0) is 32.3 Å². The number of hydrogen-bond donors (Lipinski definition) is 0. The Balaban J connectivity index is 1.96. The second-order valence-corrected chi connectivity index (χ2v) is 6.22. The molecule has 3 rings (SSSR count). The van der Waals surface area contributed by atoms with E-state index in [0.717, 1.165) is 30.8 Å². The SMILES string of the molecule is Cc1cc(-c2ncc(Cl)n2C[C@@H]2CCCCO2)cn(C)c1=O. The molecule has 3 heterocycles. The quantitative estimate of drug-likeness (QED) is 0.873. The first-order valence-electron chi connectivity index (χ1n) is 7.56. The van der Waals surface area contributed by atoms with E-state index in [9.17, 15) is 4.79 Å². The molecule has 2 aromatic heterocycles. The van der Waals surface area contributed by atoms with Gasteiger partial charge in [0.15, 0.2) is 0 Å². The van der Waals surface area contributed by atoms with Gasteiger partial charge in [-0.15, -0.1) is 0 Å². The van der Waals surface area contributed by atoms with Crippen LogP contribution in [0, 0.1) is 6.92 Å². The molecule has 0 saturated carbocycles. The van der Waals surface area contributed by atoms with Crippen LogP contribution in [-0.2, 0) is 18.3 Å². The van der Waals surface area contributed by atoms with Crippen LogP contribution in [0.5, 0.6) is 0 Å². The number of halogens is 1. The van der Waals surface area contributed by atoms with Gasteiger partial charge in [0.25, 0.3) is 5.56 Å². The van der Waals surface area contributed by atoms with Gasteiger partial charge in [-0.2, -0.15) is 0 Å². The van der Waals surface area contributed by atoms with Gasteiger partial charge in [0.05, 0.1) is 18.8 Å². The number of aromatic nitrogens is 3. The van der Waals surface area contributed by atoms with Crippen LogP contribution >= 0.6 is 11.6 Å². The van der Waals surface area contributed by atoms with Gasteiger partial charge in [-0.1, -0.05) is 11.6 Å². The van der Waals surface area contributed by atoms with Crippen molar-refractivity contribution in [2.75, 3.05) is 6.61 Å². The zero-order chi connectivity index (χ0) is 15.7. The minimum atomic E-state index is 0.00330. The summed E-state index contributed by atoms with van der Waals surface area (Å²) in [6, 6.07) is 1.86. The summed E-state index contributed by atoms with van der Waals surface area (Å²) >= 11 is 6.30. The Bertz CT molecular complexity index is 703. The van der Waals surface area contributed by atoms with Crippen molar-refractivity contribution in [3.63, 3.8) is 0 Å². The van der Waals surface area contributed by atoms with E-state index in [-0.39, 0.29) is 11.7 Å². The van der Waals surface area contributed by atoms with E-state index < -0.39 is 0 Å². The van der Waals surface area contributed by atoms with E-state index in [1.807, 2.05) is 17.6 Å². The molecule has 0 aliphatic carbocycles. The summed E-state index contributed by atoms with van der Waals surface area (Å²) in [6.07, 6.45) is 6.98. The first kappa shape index (κ1) is 15.3. The van der Waals surface area contributed by atoms with E-state index in [1.54, 1.807) is 24.0 Å². The molecule has 0 radical (unpaired) electrons. The number of pyridine rings is 1. The van der Waals surface area contributed by atoms with Crippen molar-refractivity contribution in [3.05, 3.63) is 39.5 Å². The van der Waals surface area contributed by atoms with Crippen LogP contribution in [0.3, 0.4) is 0 Å². The lowest BCUT2D eigenvalue weighted by molar-refractivity contribution is 0.00628. The van der Waals surface area contributed by atoms with Crippen molar-refractivity contribution in [1.82, 2.24) is 14.1 Å². The lowest BCUT2D eigenvalue weighted by Gasteiger charge is -2.24. The highest BCUT2D eigenvalue weighted by atomic mass is 35.5. The first-order valence-corrected chi connectivity index (χ1v) is 7.94. The van der Waals surface area contributed by atoms with Crippen LogP contribution in [-0.4, -0.2) is 26.8 Å². The molecule has 1 aliphatic heterocycles. The Hall–Kier alpha value is -1.59. The summed E-state index contributed by atoms with van der Waals surface area (Å²) in [7, 11) is 1.75. The molecule has 22 heavy (non-hydrogen) atoms. The zero-order valence-corrected chi connectivity index (χ0v) is 13.6. The van der Waals surface area contributed by atoms with Gasteiger partial charge in [0, 0.05) is 31.0 Å². The average molecular weight is 322 g/mol. The van der Waals surface area contributed by atoms with E-state index in [4.69, 9.17) is 16.3 Å². The molecule has 0 spiro atoms. The third-order valence-corrected chi connectivity index (χ3v) is 4.39. The summed E-state index contributed by atoms with van der Waals surface area (Å²) in [5.41, 5.74) is 1.59. The van der Waals surface area contributed by atoms with Crippen LogP contribution in [0.25, 0.3) is 11.4 Å². The molecule has 0 bridgehead atoms. The Labute approximate surface area is 134 Å². The second-order valence-electron chi connectivity index (χ2n) is 5.83. The predicted molar refractivity (Wildman–Crippen MR) is 86.2 cm³/mol. The minimum absolute atomic E-state index is 0.00330. The van der Waals surface area contributed by atoms with Gasteiger partial charge >= 0.3 is 0 Å². The summed E-state index contributed by atoms with van der Waals surface area (Å²) in [4.78, 5) is 16.3. The summed E-state index contributed by atoms with van der Waals surface area (Å²) in [6.45, 7) is 3.31. The van der Waals surface area contributed by atoms with Gasteiger partial charge in [-0.25, -0.2) is 4.98 Å². The molecule has 1 saturated heterocycles. The number of nitrogens with zero attached hydrogens (tertiary/aromatic N) is 3. The highest BCUT2D eigenvalue weighted by molar-refractivity contribution is 6.29. The molecule has 5 nitrogen and oxygen atoms in total. The van der Waals surface area contributed by atoms with Crippen molar-refractivity contribution in [2.24, 2.45) is 7.05 Å². The van der Waals surface area contributed by atoms with E-state index in [2.05, 4.69) is 4.98 Å². The van der Waals surface area contributed by atoms with Gasteiger partial charge in [0.2, 0.25) is 0 Å². The van der Waals surface area contributed by atoms with Gasteiger partial charge < -0.3 is 13.9 Å². The Morgan fingerprint density at radius 2 is 2.27 bits per heavy atom. The average Bonchev–Trinajstić information content (AvgIpc) is 2.87. The fraction of sp³-hybridized carbons (Fsp3) is 0.500. The van der Waals surface area contributed by atoms with Crippen molar-refractivity contribution in [2.45, 2.75) is 38.8 Å². The summed E-state index contributed by atoms with van der Waals surface area (Å²) in [5.74, 6) is 0.776. The monoisotopic (exact) mass is 321 g/mol. The van der Waals surface area contributed by atoms with Gasteiger partial charge in [0.1, 0.15) is 11.0 Å². The lowest BCUT2D eigenvalue weighted by Crippen LogP contribution is -2.25. The molecule has 0 amide bonds. The van der Waals surface area contributed by atoms with Crippen molar-refractivity contribution in [3.8, 4) is 11.4 Å². The molecule has 6 heteroatoms. The number of imidazole rings is 1. The minimum Gasteiger partial charge on any atom is -0.376 e. The molecular formula is C16H20ClN3O2. The molecule has 0 aromatic carbocycles. The standard InChI is InChI=1S/C16H20ClN3O2/c1-11-7-12(9-19(2)16(11)21)15-18-8-14(17)20(15)10-13-5-3-4-6-22-13/h7-9,13H,3-6,10H2,1-2H3/t13-/m0/s1. The Morgan fingerprint density at radius 1 is 1.45 bits per heavy atom. The van der Waals surface area contributed by atoms with Crippen molar-refractivity contribution >= 4 is 11.6 Å². The first-order chi connectivity index (χ1) is 10.6. The fourth-order valence-electron chi connectivity index (χ4n) is 2.91. The number of hydrogen-bond acceptors (Lipinski definition) is 3. The molecular weight excluding hydrogens is 302 g/mol. The van der Waals surface area contributed by atoms with Crippen molar-refractivity contribution < 1.29 is 4.74 Å². The smallest absolute Gasteiger partial charge is 0.253 e. The molecule has 0 unspecified atom stereocenters. The van der Waals surface area contributed by atoms with Crippen molar-refractivity contribution in [1.29, 1.82) is 0 Å². The number of rotatable bonds is 3. The normalized spacial score (nSPS) is 18.6. The summed E-state index contributed by atoms with van der Waals surface area (Å²) in [5, 5.41) is 0.593. The highest BCUT2D eigenvalue weighted by Gasteiger charge is 2.19. The van der Waals surface area contributed by atoms with E-state index in [1.165, 1.54) is 6.42 Å². The van der Waals surface area contributed by atoms with Crippen LogP contribution in [0.4, 0.5) is 0 Å². The maximum absolute atomic E-state index is 11.8. The second kappa shape index (κ2) is 6.26. The summed E-state index contributed by atoms with van der Waals surface area (Å²) < 4.78 is 9.35. The lowest BCUT2D eigenvalue weighted by atomic mass is 10.1. The third-order valence-electron chi connectivity index (χ3n) is 4.09. The van der Waals surface area contributed by atoms with Crippen LogP contribution in [0.2, 0.25) is 5.15 Å². The van der Waals surface area contributed by atoms with E-state index in [0.29, 0.717) is 17.3 Å². The Kier molecular flexibility index (Phi) is 4.36.